The van der Waals surface area contributed by atoms with Crippen molar-refractivity contribution in [3.05, 3.63) is 0 Å². The van der Waals surface area contributed by atoms with E-state index in [1.54, 1.807) is 0 Å². The fourth-order valence-electron chi connectivity index (χ4n) is 1.14. The van der Waals surface area contributed by atoms with E-state index in [2.05, 4.69) is 4.74 Å². The molecular formula is C10H14F3NO6. The molecule has 0 saturated heterocycles. The third-order valence-corrected chi connectivity index (χ3v) is 2.02. The number of halogens is 3. The summed E-state index contributed by atoms with van der Waals surface area (Å²) in [5.74, 6) is -3.47. The lowest BCUT2D eigenvalue weighted by Crippen LogP contribution is -2.41. The van der Waals surface area contributed by atoms with E-state index in [0.717, 1.165) is 0 Å². The van der Waals surface area contributed by atoms with E-state index in [9.17, 15) is 27.6 Å². The topological polar surface area (TPSA) is 113 Å². The zero-order valence-corrected chi connectivity index (χ0v) is 10.3. The Balaban J connectivity index is 4.01. The number of carboxylic acid groups (broad SMARTS) is 2. The second kappa shape index (κ2) is 8.35. The summed E-state index contributed by atoms with van der Waals surface area (Å²) in [5.41, 5.74) is 0. The van der Waals surface area contributed by atoms with Crippen molar-refractivity contribution in [3.8, 4) is 0 Å². The summed E-state index contributed by atoms with van der Waals surface area (Å²) in [7, 11) is 0. The largest absolute Gasteiger partial charge is 0.481 e. The van der Waals surface area contributed by atoms with Crippen LogP contribution in [0.4, 0.5) is 13.2 Å². The van der Waals surface area contributed by atoms with E-state index < -0.39 is 56.1 Å². The SMILES string of the molecule is O=C(O)CC[C@H](NC(=O)CCOCC(F)(F)F)C(=O)O. The minimum Gasteiger partial charge on any atom is -0.481 e. The Morgan fingerprint density at radius 1 is 1.15 bits per heavy atom. The Bertz CT molecular complexity index is 357. The molecule has 0 unspecified atom stereocenters. The molecular weight excluding hydrogens is 287 g/mol. The highest BCUT2D eigenvalue weighted by Crippen LogP contribution is 2.14. The van der Waals surface area contributed by atoms with Crippen molar-refractivity contribution in [2.45, 2.75) is 31.5 Å². The van der Waals surface area contributed by atoms with Crippen LogP contribution in [0.1, 0.15) is 19.3 Å². The molecule has 10 heteroatoms. The Morgan fingerprint density at radius 2 is 1.75 bits per heavy atom. The molecule has 0 radical (unpaired) electrons. The van der Waals surface area contributed by atoms with Gasteiger partial charge in [0, 0.05) is 12.8 Å². The van der Waals surface area contributed by atoms with Crippen LogP contribution >= 0.6 is 0 Å². The second-order valence-electron chi connectivity index (χ2n) is 3.81. The van der Waals surface area contributed by atoms with Gasteiger partial charge in [0.05, 0.1) is 6.61 Å². The molecule has 3 N–H and O–H groups in total. The number of ether oxygens (including phenoxy) is 1. The van der Waals surface area contributed by atoms with Gasteiger partial charge in [-0.15, -0.1) is 0 Å². The van der Waals surface area contributed by atoms with Crippen molar-refractivity contribution >= 4 is 17.8 Å². The molecule has 116 valence electrons. The van der Waals surface area contributed by atoms with E-state index in [-0.39, 0.29) is 6.42 Å². The van der Waals surface area contributed by atoms with Gasteiger partial charge in [0.1, 0.15) is 12.6 Å². The first-order chi connectivity index (χ1) is 9.11. The lowest BCUT2D eigenvalue weighted by Gasteiger charge is -2.13. The van der Waals surface area contributed by atoms with Gasteiger partial charge in [0.2, 0.25) is 5.91 Å². The first-order valence-corrected chi connectivity index (χ1v) is 5.50. The molecule has 0 aliphatic heterocycles. The number of alkyl halides is 3. The number of hydrogen-bond donors (Lipinski definition) is 3. The first kappa shape index (κ1) is 18.2. The third-order valence-electron chi connectivity index (χ3n) is 2.02. The standard InChI is InChI=1S/C10H14F3NO6/c11-10(12,13)5-20-4-3-7(15)14-6(9(18)19)1-2-8(16)17/h6H,1-5H2,(H,14,15)(H,16,17)(H,18,19)/t6-/m0/s1. The van der Waals surface area contributed by atoms with Gasteiger partial charge in [-0.3, -0.25) is 9.59 Å². The first-order valence-electron chi connectivity index (χ1n) is 5.50. The smallest absolute Gasteiger partial charge is 0.411 e. The average Bonchev–Trinajstić information content (AvgIpc) is 2.28. The zero-order chi connectivity index (χ0) is 15.8. The number of carbonyl (C=O) groups is 3. The number of rotatable bonds is 9. The van der Waals surface area contributed by atoms with Crippen LogP contribution in [0.3, 0.4) is 0 Å². The number of amides is 1. The molecule has 0 saturated carbocycles. The fourth-order valence-corrected chi connectivity index (χ4v) is 1.14. The lowest BCUT2D eigenvalue weighted by atomic mass is 10.1. The summed E-state index contributed by atoms with van der Waals surface area (Å²) in [4.78, 5) is 32.3. The molecule has 0 rings (SSSR count). The third kappa shape index (κ3) is 10.1. The summed E-state index contributed by atoms with van der Waals surface area (Å²) in [6.07, 6.45) is -5.73. The van der Waals surface area contributed by atoms with Crippen LogP contribution in [-0.2, 0) is 19.1 Å². The van der Waals surface area contributed by atoms with Crippen molar-refractivity contribution in [2.24, 2.45) is 0 Å². The van der Waals surface area contributed by atoms with Crippen LogP contribution in [-0.4, -0.2) is 53.5 Å². The van der Waals surface area contributed by atoms with Gasteiger partial charge < -0.3 is 20.3 Å². The summed E-state index contributed by atoms with van der Waals surface area (Å²) >= 11 is 0. The van der Waals surface area contributed by atoms with E-state index in [4.69, 9.17) is 10.2 Å². The second-order valence-corrected chi connectivity index (χ2v) is 3.81. The highest BCUT2D eigenvalue weighted by molar-refractivity contribution is 5.83. The maximum atomic E-state index is 11.7. The minimum atomic E-state index is -4.50. The monoisotopic (exact) mass is 301 g/mol. The summed E-state index contributed by atoms with van der Waals surface area (Å²) in [6.45, 7) is -2.02. The number of carbonyl (C=O) groups excluding carboxylic acids is 1. The van der Waals surface area contributed by atoms with Crippen LogP contribution in [0.15, 0.2) is 0 Å². The molecule has 1 atom stereocenters. The van der Waals surface area contributed by atoms with Gasteiger partial charge in [-0.25, -0.2) is 4.79 Å². The number of carboxylic acids is 2. The number of nitrogens with one attached hydrogen (secondary N) is 1. The van der Waals surface area contributed by atoms with E-state index >= 15 is 0 Å². The van der Waals surface area contributed by atoms with Crippen LogP contribution in [0.25, 0.3) is 0 Å². The van der Waals surface area contributed by atoms with Crippen molar-refractivity contribution < 1.29 is 42.5 Å². The van der Waals surface area contributed by atoms with Crippen molar-refractivity contribution in [1.82, 2.24) is 5.32 Å². The van der Waals surface area contributed by atoms with Crippen LogP contribution in [0, 0.1) is 0 Å². The molecule has 0 aromatic carbocycles. The molecule has 7 nitrogen and oxygen atoms in total. The molecule has 0 bridgehead atoms. The highest BCUT2D eigenvalue weighted by Gasteiger charge is 2.27. The highest BCUT2D eigenvalue weighted by atomic mass is 19.4. The maximum absolute atomic E-state index is 11.7. The van der Waals surface area contributed by atoms with Gasteiger partial charge in [-0.2, -0.15) is 13.2 Å². The van der Waals surface area contributed by atoms with Crippen LogP contribution < -0.4 is 5.32 Å². The average molecular weight is 301 g/mol. The molecule has 20 heavy (non-hydrogen) atoms. The van der Waals surface area contributed by atoms with Gasteiger partial charge in [0.25, 0.3) is 0 Å². The van der Waals surface area contributed by atoms with Crippen molar-refractivity contribution in [1.29, 1.82) is 0 Å². The quantitative estimate of drug-likeness (QED) is 0.531. The fraction of sp³-hybridized carbons (Fsp3) is 0.700. The van der Waals surface area contributed by atoms with Gasteiger partial charge in [0.15, 0.2) is 0 Å². The van der Waals surface area contributed by atoms with Crippen molar-refractivity contribution in [2.75, 3.05) is 13.2 Å². The van der Waals surface area contributed by atoms with E-state index in [1.807, 2.05) is 5.32 Å². The Labute approximate surface area is 111 Å². The summed E-state index contributed by atoms with van der Waals surface area (Å²) in [5, 5.41) is 19.1. The van der Waals surface area contributed by atoms with Gasteiger partial charge >= 0.3 is 18.1 Å². The van der Waals surface area contributed by atoms with Crippen LogP contribution in [0.2, 0.25) is 0 Å². The number of hydrogen-bond acceptors (Lipinski definition) is 4. The Hall–Kier alpha value is -1.84. The molecule has 0 heterocycles. The molecule has 0 aromatic heterocycles. The normalized spacial score (nSPS) is 12.8. The Morgan fingerprint density at radius 3 is 2.20 bits per heavy atom. The van der Waals surface area contributed by atoms with Gasteiger partial charge in [-0.1, -0.05) is 0 Å². The summed E-state index contributed by atoms with van der Waals surface area (Å²) in [6, 6.07) is -1.40. The van der Waals surface area contributed by atoms with Crippen LogP contribution in [0.5, 0.6) is 0 Å². The maximum Gasteiger partial charge on any atom is 0.411 e. The predicted octanol–water partition coefficient (Wildman–Crippen LogP) is 0.390. The Kier molecular flexibility index (Phi) is 7.59. The zero-order valence-electron chi connectivity index (χ0n) is 10.3. The molecule has 0 aliphatic rings. The summed E-state index contributed by atoms with van der Waals surface area (Å²) < 4.78 is 39.3. The molecule has 0 aliphatic carbocycles. The molecule has 0 aromatic rings. The molecule has 0 spiro atoms. The van der Waals surface area contributed by atoms with E-state index in [1.165, 1.54) is 0 Å². The number of aliphatic carboxylic acids is 2. The lowest BCUT2D eigenvalue weighted by molar-refractivity contribution is -0.174. The minimum absolute atomic E-state index is 0.320. The van der Waals surface area contributed by atoms with Gasteiger partial charge in [-0.05, 0) is 6.42 Å². The van der Waals surface area contributed by atoms with E-state index in [0.29, 0.717) is 0 Å². The predicted molar refractivity (Wildman–Crippen MR) is 57.9 cm³/mol. The molecule has 0 fully saturated rings. The van der Waals surface area contributed by atoms with Crippen molar-refractivity contribution in [3.63, 3.8) is 0 Å². The molecule has 1 amide bonds.